The van der Waals surface area contributed by atoms with Crippen LogP contribution in [0.5, 0.6) is 11.5 Å². The number of nitrogens with zero attached hydrogens (tertiary/aromatic N) is 2. The van der Waals surface area contributed by atoms with E-state index in [0.717, 1.165) is 22.5 Å². The summed E-state index contributed by atoms with van der Waals surface area (Å²) in [6.45, 7) is 0. The number of hydrogen-bond acceptors (Lipinski definition) is 7. The van der Waals surface area contributed by atoms with Gasteiger partial charge in [0.05, 0.1) is 26.8 Å². The molecule has 2 N–H and O–H groups in total. The molecule has 4 aliphatic heterocycles. The van der Waals surface area contributed by atoms with Gasteiger partial charge in [-0.3, -0.25) is 0 Å². The number of allylic oxidation sites excluding steroid dienone is 6. The van der Waals surface area contributed by atoms with Crippen molar-refractivity contribution in [1.82, 2.24) is 0 Å². The third kappa shape index (κ3) is 4.90. The lowest BCUT2D eigenvalue weighted by molar-refractivity contribution is 0.0224. The number of benzene rings is 5. The quantitative estimate of drug-likeness (QED) is 0.136. The molecule has 0 aliphatic carbocycles. The predicted molar refractivity (Wildman–Crippen MR) is 208 cm³/mol. The standard InChI is InChI=1S/C42H20Cl4N4O3/c43-33-17-31-39(14-25(33)28(19-47)21-9-11-49-37-7-3-1-5-23(21)37)52-40-15-26(29(20-48)22-10-12-50-38-8-4-2-6-24(22)38)34(44)18-32(40)42(31)30-16-36(46)35(45)13-27(30)41(51)53-42/h1-18,49-50H/b28-21+,29-22+. The number of carbonyl (C=O) groups excluding carboxylic acids is 1. The lowest BCUT2D eigenvalue weighted by Crippen LogP contribution is -2.33. The number of nitriles is 2. The summed E-state index contributed by atoms with van der Waals surface area (Å²) in [6.07, 6.45) is 7.14. The van der Waals surface area contributed by atoms with E-state index in [4.69, 9.17) is 55.9 Å². The van der Waals surface area contributed by atoms with E-state index in [1.54, 1.807) is 42.7 Å². The van der Waals surface area contributed by atoms with Crippen molar-refractivity contribution in [3.05, 3.63) is 174 Å². The van der Waals surface area contributed by atoms with Gasteiger partial charge in [0.2, 0.25) is 0 Å². The lowest BCUT2D eigenvalue weighted by Gasteiger charge is -2.37. The summed E-state index contributed by atoms with van der Waals surface area (Å²) < 4.78 is 13.0. The highest BCUT2D eigenvalue weighted by molar-refractivity contribution is 6.42. The molecule has 0 amide bonds. The molecule has 11 heteroatoms. The minimum Gasteiger partial charge on any atom is -0.456 e. The maximum Gasteiger partial charge on any atom is 0.340 e. The highest BCUT2D eigenvalue weighted by Gasteiger charge is 2.54. The van der Waals surface area contributed by atoms with Gasteiger partial charge in [-0.2, -0.15) is 10.5 Å². The molecule has 0 aromatic heterocycles. The van der Waals surface area contributed by atoms with Crippen molar-refractivity contribution < 1.29 is 14.3 Å². The molecule has 0 radical (unpaired) electrons. The van der Waals surface area contributed by atoms with E-state index in [-0.39, 0.29) is 37.2 Å². The summed E-state index contributed by atoms with van der Waals surface area (Å²) in [5, 5.41) is 28.4. The molecule has 5 aromatic carbocycles. The molecule has 254 valence electrons. The maximum absolute atomic E-state index is 13.7. The molecule has 0 bridgehead atoms. The van der Waals surface area contributed by atoms with Gasteiger partial charge < -0.3 is 20.1 Å². The van der Waals surface area contributed by atoms with Crippen molar-refractivity contribution in [2.24, 2.45) is 0 Å². The van der Waals surface area contributed by atoms with Gasteiger partial charge in [0.1, 0.15) is 23.6 Å². The van der Waals surface area contributed by atoms with E-state index in [9.17, 15) is 15.3 Å². The van der Waals surface area contributed by atoms with Gasteiger partial charge in [-0.25, -0.2) is 4.79 Å². The normalized spacial score (nSPS) is 18.8. The zero-order valence-electron chi connectivity index (χ0n) is 27.0. The van der Waals surface area contributed by atoms with Crippen LogP contribution < -0.4 is 15.4 Å². The van der Waals surface area contributed by atoms with Crippen molar-refractivity contribution in [3.8, 4) is 23.6 Å². The van der Waals surface area contributed by atoms with E-state index in [1.807, 2.05) is 60.7 Å². The number of hydrogen-bond donors (Lipinski definition) is 2. The SMILES string of the molecule is N#C/C(=C1/C=CNc2ccccc21)c1cc2c(cc1Cl)C1(OC(=O)c3cc(Cl)c(Cl)cc31)c1cc(Cl)c(/C(C#N)=C3\C=CNc4ccccc43)cc1O2. The van der Waals surface area contributed by atoms with Crippen LogP contribution in [0.1, 0.15) is 49.3 Å². The topological polar surface area (TPSA) is 107 Å². The average molecular weight is 770 g/mol. The fourth-order valence-corrected chi connectivity index (χ4v) is 8.24. The summed E-state index contributed by atoms with van der Waals surface area (Å²) >= 11 is 27.2. The summed E-state index contributed by atoms with van der Waals surface area (Å²) in [5.74, 6) is -0.130. The maximum atomic E-state index is 13.7. The molecular formula is C42H20Cl4N4O3. The zero-order chi connectivity index (χ0) is 36.6. The highest BCUT2D eigenvalue weighted by atomic mass is 35.5. The van der Waals surface area contributed by atoms with E-state index < -0.39 is 11.6 Å². The Kier molecular flexibility index (Phi) is 7.67. The molecule has 1 spiro atoms. The Balaban J connectivity index is 1.31. The summed E-state index contributed by atoms with van der Waals surface area (Å²) in [4.78, 5) is 13.7. The smallest absolute Gasteiger partial charge is 0.340 e. The number of ether oxygens (including phenoxy) is 2. The molecule has 0 atom stereocenters. The van der Waals surface area contributed by atoms with Gasteiger partial charge in [0, 0.05) is 83.9 Å². The monoisotopic (exact) mass is 768 g/mol. The van der Waals surface area contributed by atoms with Crippen LogP contribution in [0, 0.1) is 22.7 Å². The fourth-order valence-electron chi connectivity index (χ4n) is 7.39. The Morgan fingerprint density at radius 1 is 0.604 bits per heavy atom. The fraction of sp³-hybridized carbons (Fsp3) is 0.0238. The molecule has 9 rings (SSSR count). The third-order valence-electron chi connectivity index (χ3n) is 9.74. The summed E-state index contributed by atoms with van der Waals surface area (Å²) in [6, 6.07) is 29.6. The molecule has 0 saturated heterocycles. The van der Waals surface area contributed by atoms with Crippen LogP contribution in [0.15, 0.2) is 109 Å². The first-order valence-electron chi connectivity index (χ1n) is 16.2. The van der Waals surface area contributed by atoms with Crippen molar-refractivity contribution in [2.45, 2.75) is 5.60 Å². The van der Waals surface area contributed by atoms with Gasteiger partial charge >= 0.3 is 5.97 Å². The first kappa shape index (κ1) is 32.9. The minimum absolute atomic E-state index is 0.176. The largest absolute Gasteiger partial charge is 0.456 e. The van der Waals surface area contributed by atoms with Gasteiger partial charge in [-0.1, -0.05) is 82.8 Å². The second-order valence-corrected chi connectivity index (χ2v) is 14.1. The van der Waals surface area contributed by atoms with Gasteiger partial charge in [-0.05, 0) is 60.7 Å². The number of anilines is 2. The van der Waals surface area contributed by atoms with E-state index in [2.05, 4.69) is 22.8 Å². The van der Waals surface area contributed by atoms with Gasteiger partial charge in [-0.15, -0.1) is 0 Å². The summed E-state index contributed by atoms with van der Waals surface area (Å²) in [5.41, 5.74) is 5.72. The summed E-state index contributed by atoms with van der Waals surface area (Å²) in [7, 11) is 0. The third-order valence-corrected chi connectivity index (χ3v) is 11.1. The predicted octanol–water partition coefficient (Wildman–Crippen LogP) is 11.6. The molecule has 0 unspecified atom stereocenters. The molecular weight excluding hydrogens is 750 g/mol. The van der Waals surface area contributed by atoms with Crippen LogP contribution in [-0.4, -0.2) is 5.97 Å². The Morgan fingerprint density at radius 2 is 1.08 bits per heavy atom. The molecule has 53 heavy (non-hydrogen) atoms. The van der Waals surface area contributed by atoms with Crippen LogP contribution in [0.3, 0.4) is 0 Å². The first-order valence-corrected chi connectivity index (χ1v) is 17.7. The van der Waals surface area contributed by atoms with Gasteiger partial charge in [0.15, 0.2) is 5.60 Å². The van der Waals surface area contributed by atoms with Crippen LogP contribution in [0.4, 0.5) is 11.4 Å². The number of para-hydroxylation sites is 2. The number of nitrogens with one attached hydrogen (secondary N) is 2. The van der Waals surface area contributed by atoms with E-state index in [0.29, 0.717) is 50.1 Å². The zero-order valence-corrected chi connectivity index (χ0v) is 30.0. The molecule has 5 aromatic rings. The Hall–Kier alpha value is -5.93. The van der Waals surface area contributed by atoms with Gasteiger partial charge in [0.25, 0.3) is 0 Å². The average Bonchev–Trinajstić information content (AvgIpc) is 3.44. The molecule has 4 heterocycles. The van der Waals surface area contributed by atoms with Crippen molar-refractivity contribution in [3.63, 3.8) is 0 Å². The van der Waals surface area contributed by atoms with E-state index >= 15 is 0 Å². The molecule has 0 fully saturated rings. The van der Waals surface area contributed by atoms with Crippen LogP contribution in [0.2, 0.25) is 20.1 Å². The van der Waals surface area contributed by atoms with Crippen LogP contribution in [-0.2, 0) is 10.3 Å². The van der Waals surface area contributed by atoms with Crippen molar-refractivity contribution >= 4 is 86.0 Å². The number of halogens is 4. The highest BCUT2D eigenvalue weighted by Crippen LogP contribution is 2.59. The number of rotatable bonds is 2. The number of fused-ring (bicyclic) bond motifs is 8. The molecule has 4 aliphatic rings. The van der Waals surface area contributed by atoms with Crippen molar-refractivity contribution in [2.75, 3.05) is 10.6 Å². The Labute approximate surface area is 323 Å². The molecule has 7 nitrogen and oxygen atoms in total. The Bertz CT molecular complexity index is 2590. The second-order valence-electron chi connectivity index (χ2n) is 12.5. The number of esters is 1. The minimum atomic E-state index is -1.64. The first-order chi connectivity index (χ1) is 25.7. The van der Waals surface area contributed by atoms with Crippen LogP contribution in [0.25, 0.3) is 22.3 Å². The second kappa shape index (κ2) is 12.3. The molecule has 0 saturated carbocycles. The lowest BCUT2D eigenvalue weighted by atomic mass is 9.76. The van der Waals surface area contributed by atoms with Crippen molar-refractivity contribution in [1.29, 1.82) is 10.5 Å². The van der Waals surface area contributed by atoms with Crippen LogP contribution >= 0.6 is 46.4 Å². The Morgan fingerprint density at radius 3 is 1.58 bits per heavy atom. The number of carbonyl (C=O) groups is 1. The van der Waals surface area contributed by atoms with E-state index in [1.165, 1.54) is 6.07 Å².